The van der Waals surface area contributed by atoms with Gasteiger partial charge in [0.15, 0.2) is 0 Å². The van der Waals surface area contributed by atoms with E-state index in [1.807, 2.05) is 11.6 Å². The lowest BCUT2D eigenvalue weighted by Crippen LogP contribution is -2.51. The van der Waals surface area contributed by atoms with Gasteiger partial charge in [-0.25, -0.2) is 4.68 Å². The van der Waals surface area contributed by atoms with Gasteiger partial charge in [0.1, 0.15) is 0 Å². The molecule has 1 aromatic heterocycles. The predicted octanol–water partition coefficient (Wildman–Crippen LogP) is 3.12. The predicted molar refractivity (Wildman–Crippen MR) is 114 cm³/mol. The maximum Gasteiger partial charge on any atom is 0.257 e. The number of benzene rings is 1. The molecule has 0 N–H and O–H groups in total. The SMILES string of the molecule is Cc1ccc(C)c(-n2ncc(C(=O)N3CCCC[C@@H]3CN3CCOCC3)c2C)c1. The minimum atomic E-state index is 0.122. The van der Waals surface area contributed by atoms with Gasteiger partial charge in [0.05, 0.1) is 36.4 Å². The molecule has 0 unspecified atom stereocenters. The van der Waals surface area contributed by atoms with E-state index in [1.165, 1.54) is 12.0 Å². The summed E-state index contributed by atoms with van der Waals surface area (Å²) in [4.78, 5) is 18.0. The number of hydrogen-bond donors (Lipinski definition) is 0. The number of likely N-dealkylation sites (tertiary alicyclic amines) is 1. The molecule has 2 aromatic rings. The van der Waals surface area contributed by atoms with Crippen LogP contribution in [0.1, 0.15) is 46.4 Å². The maximum absolute atomic E-state index is 13.5. The fourth-order valence-corrected chi connectivity index (χ4v) is 4.50. The molecule has 0 aliphatic carbocycles. The van der Waals surface area contributed by atoms with E-state index in [4.69, 9.17) is 4.74 Å². The van der Waals surface area contributed by atoms with Crippen molar-refractivity contribution >= 4 is 5.91 Å². The summed E-state index contributed by atoms with van der Waals surface area (Å²) in [6, 6.07) is 6.62. The van der Waals surface area contributed by atoms with Crippen molar-refractivity contribution in [2.24, 2.45) is 0 Å². The van der Waals surface area contributed by atoms with Crippen LogP contribution in [0.5, 0.6) is 0 Å². The van der Waals surface area contributed by atoms with Crippen LogP contribution in [0, 0.1) is 20.8 Å². The van der Waals surface area contributed by atoms with Crippen molar-refractivity contribution in [1.82, 2.24) is 19.6 Å². The third-order valence-corrected chi connectivity index (χ3v) is 6.29. The number of amides is 1. The second-order valence-corrected chi connectivity index (χ2v) is 8.41. The molecule has 29 heavy (non-hydrogen) atoms. The van der Waals surface area contributed by atoms with Crippen molar-refractivity contribution in [2.75, 3.05) is 39.4 Å². The van der Waals surface area contributed by atoms with Crippen LogP contribution in [0.3, 0.4) is 0 Å². The zero-order valence-electron chi connectivity index (χ0n) is 17.9. The highest BCUT2D eigenvalue weighted by molar-refractivity contribution is 5.95. The van der Waals surface area contributed by atoms with Gasteiger partial charge in [-0.15, -0.1) is 0 Å². The summed E-state index contributed by atoms with van der Waals surface area (Å²) in [6.07, 6.45) is 5.10. The van der Waals surface area contributed by atoms with Gasteiger partial charge in [-0.1, -0.05) is 12.1 Å². The summed E-state index contributed by atoms with van der Waals surface area (Å²) in [6.45, 7) is 11.5. The lowest BCUT2D eigenvalue weighted by molar-refractivity contribution is 0.0166. The Balaban J connectivity index is 1.56. The van der Waals surface area contributed by atoms with Crippen molar-refractivity contribution < 1.29 is 9.53 Å². The molecular weight excluding hydrogens is 364 g/mol. The lowest BCUT2D eigenvalue weighted by Gasteiger charge is -2.39. The van der Waals surface area contributed by atoms with Gasteiger partial charge in [-0.05, 0) is 57.2 Å². The number of hydrogen-bond acceptors (Lipinski definition) is 4. The first-order chi connectivity index (χ1) is 14.0. The number of carbonyl (C=O) groups is 1. The van der Waals surface area contributed by atoms with E-state index in [0.29, 0.717) is 0 Å². The molecule has 1 amide bonds. The van der Waals surface area contributed by atoms with E-state index in [-0.39, 0.29) is 11.9 Å². The Kier molecular flexibility index (Phi) is 6.01. The van der Waals surface area contributed by atoms with E-state index in [2.05, 4.69) is 46.9 Å². The van der Waals surface area contributed by atoms with Crippen LogP contribution in [0.4, 0.5) is 0 Å². The minimum absolute atomic E-state index is 0.122. The minimum Gasteiger partial charge on any atom is -0.379 e. The van der Waals surface area contributed by atoms with Crippen molar-refractivity contribution in [3.8, 4) is 5.69 Å². The van der Waals surface area contributed by atoms with Gasteiger partial charge in [0.25, 0.3) is 5.91 Å². The van der Waals surface area contributed by atoms with Gasteiger partial charge >= 0.3 is 0 Å². The number of piperidine rings is 1. The van der Waals surface area contributed by atoms with E-state index >= 15 is 0 Å². The first-order valence-corrected chi connectivity index (χ1v) is 10.8. The normalized spacial score (nSPS) is 20.8. The molecule has 2 aliphatic rings. The van der Waals surface area contributed by atoms with Crippen LogP contribution in [-0.4, -0.2) is 70.9 Å². The molecule has 0 bridgehead atoms. The Morgan fingerprint density at radius 1 is 1.14 bits per heavy atom. The Morgan fingerprint density at radius 3 is 2.72 bits per heavy atom. The van der Waals surface area contributed by atoms with Gasteiger partial charge < -0.3 is 9.64 Å². The van der Waals surface area contributed by atoms with Crippen molar-refractivity contribution in [2.45, 2.75) is 46.1 Å². The smallest absolute Gasteiger partial charge is 0.257 e. The molecule has 0 saturated carbocycles. The second-order valence-electron chi connectivity index (χ2n) is 8.41. The molecule has 1 aromatic carbocycles. The molecule has 6 heteroatoms. The van der Waals surface area contributed by atoms with Crippen LogP contribution < -0.4 is 0 Å². The number of aryl methyl sites for hydroxylation is 2. The summed E-state index contributed by atoms with van der Waals surface area (Å²) in [5, 5.41) is 4.59. The molecule has 2 fully saturated rings. The van der Waals surface area contributed by atoms with Crippen molar-refractivity contribution in [3.63, 3.8) is 0 Å². The third kappa shape index (κ3) is 4.23. The summed E-state index contributed by atoms with van der Waals surface area (Å²) in [7, 11) is 0. The Bertz CT molecular complexity index is 870. The van der Waals surface area contributed by atoms with Crippen LogP contribution in [0.2, 0.25) is 0 Å². The number of rotatable bonds is 4. The molecule has 6 nitrogen and oxygen atoms in total. The van der Waals surface area contributed by atoms with E-state index < -0.39 is 0 Å². The molecule has 2 aliphatic heterocycles. The number of morpholine rings is 1. The second kappa shape index (κ2) is 8.67. The van der Waals surface area contributed by atoms with Crippen molar-refractivity contribution in [3.05, 3.63) is 46.8 Å². The van der Waals surface area contributed by atoms with Crippen LogP contribution in [-0.2, 0) is 4.74 Å². The average molecular weight is 397 g/mol. The van der Waals surface area contributed by atoms with Gasteiger partial charge in [0.2, 0.25) is 0 Å². The average Bonchev–Trinajstić information content (AvgIpc) is 3.11. The zero-order chi connectivity index (χ0) is 20.4. The highest BCUT2D eigenvalue weighted by atomic mass is 16.5. The standard InChI is InChI=1S/C23H32N4O2/c1-17-7-8-18(2)22(14-17)27-19(3)21(15-24-27)23(28)26-9-5-4-6-20(26)16-25-10-12-29-13-11-25/h7-8,14-15,20H,4-6,9-13,16H2,1-3H3/t20-/m1/s1. The number of nitrogens with zero attached hydrogens (tertiary/aromatic N) is 4. The molecule has 4 rings (SSSR count). The molecule has 3 heterocycles. The Labute approximate surface area is 173 Å². The highest BCUT2D eigenvalue weighted by Crippen LogP contribution is 2.24. The zero-order valence-corrected chi connectivity index (χ0v) is 17.9. The molecule has 156 valence electrons. The highest BCUT2D eigenvalue weighted by Gasteiger charge is 2.31. The summed E-state index contributed by atoms with van der Waals surface area (Å²) < 4.78 is 7.39. The van der Waals surface area contributed by atoms with Crippen LogP contribution in [0.25, 0.3) is 5.69 Å². The quantitative estimate of drug-likeness (QED) is 0.797. The number of carbonyl (C=O) groups excluding carboxylic acids is 1. The monoisotopic (exact) mass is 396 g/mol. The molecule has 1 atom stereocenters. The summed E-state index contributed by atoms with van der Waals surface area (Å²) >= 11 is 0. The fourth-order valence-electron chi connectivity index (χ4n) is 4.50. The summed E-state index contributed by atoms with van der Waals surface area (Å²) in [5.74, 6) is 0.122. The third-order valence-electron chi connectivity index (χ3n) is 6.29. The number of aromatic nitrogens is 2. The fraction of sp³-hybridized carbons (Fsp3) is 0.565. The number of ether oxygens (including phenoxy) is 1. The first kappa shape index (κ1) is 20.1. The topological polar surface area (TPSA) is 50.6 Å². The largest absolute Gasteiger partial charge is 0.379 e. The van der Waals surface area contributed by atoms with Gasteiger partial charge in [0, 0.05) is 32.2 Å². The lowest BCUT2D eigenvalue weighted by atomic mass is 10.00. The van der Waals surface area contributed by atoms with E-state index in [9.17, 15) is 4.79 Å². The molecule has 2 saturated heterocycles. The van der Waals surface area contributed by atoms with Gasteiger partial charge in [-0.3, -0.25) is 9.69 Å². The van der Waals surface area contributed by atoms with E-state index in [1.54, 1.807) is 6.20 Å². The first-order valence-electron chi connectivity index (χ1n) is 10.8. The van der Waals surface area contributed by atoms with E-state index in [0.717, 1.165) is 74.7 Å². The Morgan fingerprint density at radius 2 is 1.93 bits per heavy atom. The molecule has 0 radical (unpaired) electrons. The maximum atomic E-state index is 13.5. The van der Waals surface area contributed by atoms with Gasteiger partial charge in [-0.2, -0.15) is 5.10 Å². The molecule has 0 spiro atoms. The van der Waals surface area contributed by atoms with Crippen LogP contribution in [0.15, 0.2) is 24.4 Å². The molecular formula is C23H32N4O2. The van der Waals surface area contributed by atoms with Crippen LogP contribution >= 0.6 is 0 Å². The Hall–Kier alpha value is -2.18. The summed E-state index contributed by atoms with van der Waals surface area (Å²) in [5.41, 5.74) is 5.03. The van der Waals surface area contributed by atoms with Crippen molar-refractivity contribution in [1.29, 1.82) is 0 Å².